The van der Waals surface area contributed by atoms with Crippen molar-refractivity contribution in [2.75, 3.05) is 9.80 Å². The fourth-order valence-electron chi connectivity index (χ4n) is 9.30. The van der Waals surface area contributed by atoms with Crippen molar-refractivity contribution in [3.8, 4) is 33.4 Å². The molecule has 12 aromatic rings. The molecule has 0 aliphatic carbocycles. The predicted molar refractivity (Wildman–Crippen MR) is 267 cm³/mol. The first kappa shape index (κ1) is 37.2. The Morgan fingerprint density at radius 1 is 0.234 bits per heavy atom. The summed E-state index contributed by atoms with van der Waals surface area (Å²) in [5, 5.41) is 4.31. The molecular weight excluding hydrogens is 781 g/mol. The molecule has 0 N–H and O–H groups in total. The third-order valence-corrected chi connectivity index (χ3v) is 12.2. The third kappa shape index (κ3) is 6.57. The summed E-state index contributed by atoms with van der Waals surface area (Å²) in [5.74, 6) is 0. The highest BCUT2D eigenvalue weighted by Crippen LogP contribution is 2.47. The van der Waals surface area contributed by atoms with Crippen LogP contribution in [0.15, 0.2) is 251 Å². The molecular formula is C60H40N2O2. The number of benzene rings is 10. The van der Waals surface area contributed by atoms with Crippen LogP contribution < -0.4 is 9.80 Å². The van der Waals surface area contributed by atoms with Gasteiger partial charge in [-0.2, -0.15) is 0 Å². The Morgan fingerprint density at radius 3 is 0.922 bits per heavy atom. The van der Waals surface area contributed by atoms with Crippen molar-refractivity contribution in [2.24, 2.45) is 0 Å². The van der Waals surface area contributed by atoms with Gasteiger partial charge in [-0.1, -0.05) is 158 Å². The molecule has 2 heterocycles. The van der Waals surface area contributed by atoms with E-state index in [-0.39, 0.29) is 0 Å². The summed E-state index contributed by atoms with van der Waals surface area (Å²) in [6.07, 6.45) is 0. The zero-order chi connectivity index (χ0) is 42.4. The number of fused-ring (bicyclic) bond motifs is 6. The highest BCUT2D eigenvalue weighted by Gasteiger charge is 2.23. The van der Waals surface area contributed by atoms with Gasteiger partial charge in [0.05, 0.1) is 22.1 Å². The van der Waals surface area contributed by atoms with Gasteiger partial charge in [0.15, 0.2) is 0 Å². The van der Waals surface area contributed by atoms with Gasteiger partial charge in [0.1, 0.15) is 22.3 Å². The van der Waals surface area contributed by atoms with Crippen LogP contribution in [-0.4, -0.2) is 0 Å². The van der Waals surface area contributed by atoms with E-state index in [1.165, 1.54) is 11.1 Å². The van der Waals surface area contributed by atoms with Crippen LogP contribution in [0.25, 0.3) is 77.3 Å². The minimum atomic E-state index is 0.851. The van der Waals surface area contributed by atoms with Gasteiger partial charge < -0.3 is 18.6 Å². The largest absolute Gasteiger partial charge is 0.456 e. The second-order valence-electron chi connectivity index (χ2n) is 16.1. The van der Waals surface area contributed by atoms with Crippen LogP contribution >= 0.6 is 0 Å². The van der Waals surface area contributed by atoms with Crippen LogP contribution in [0.2, 0.25) is 0 Å². The van der Waals surface area contributed by atoms with Crippen molar-refractivity contribution in [2.45, 2.75) is 0 Å². The van der Waals surface area contributed by atoms with Crippen LogP contribution in [-0.2, 0) is 0 Å². The summed E-state index contributed by atoms with van der Waals surface area (Å²) in [6.45, 7) is 0. The first-order valence-electron chi connectivity index (χ1n) is 21.7. The first-order valence-corrected chi connectivity index (χ1v) is 21.7. The van der Waals surface area contributed by atoms with Crippen LogP contribution in [0.5, 0.6) is 0 Å². The molecule has 302 valence electrons. The highest BCUT2D eigenvalue weighted by atomic mass is 16.3. The van der Waals surface area contributed by atoms with E-state index in [4.69, 9.17) is 8.83 Å². The van der Waals surface area contributed by atoms with E-state index in [1.807, 2.05) is 24.3 Å². The molecule has 0 saturated carbocycles. The average molecular weight is 821 g/mol. The van der Waals surface area contributed by atoms with Crippen molar-refractivity contribution < 1.29 is 8.83 Å². The second kappa shape index (κ2) is 15.7. The molecule has 0 radical (unpaired) electrons. The summed E-state index contributed by atoms with van der Waals surface area (Å²) in [7, 11) is 0. The maximum absolute atomic E-state index is 6.45. The molecule has 0 unspecified atom stereocenters. The molecule has 10 aromatic carbocycles. The van der Waals surface area contributed by atoms with Gasteiger partial charge in [0.2, 0.25) is 0 Å². The average Bonchev–Trinajstić information content (AvgIpc) is 3.95. The van der Waals surface area contributed by atoms with E-state index in [9.17, 15) is 0 Å². The van der Waals surface area contributed by atoms with Crippen LogP contribution in [0.4, 0.5) is 34.1 Å². The Hall–Kier alpha value is -8.60. The van der Waals surface area contributed by atoms with Crippen LogP contribution in [0, 0.1) is 0 Å². The smallest absolute Gasteiger partial charge is 0.137 e. The summed E-state index contributed by atoms with van der Waals surface area (Å²) in [4.78, 5) is 4.74. The van der Waals surface area contributed by atoms with Gasteiger partial charge in [0, 0.05) is 33.5 Å². The Kier molecular flexibility index (Phi) is 9.12. The lowest BCUT2D eigenvalue weighted by Gasteiger charge is -2.28. The monoisotopic (exact) mass is 820 g/mol. The Balaban J connectivity index is 1.03. The van der Waals surface area contributed by atoms with Crippen molar-refractivity contribution in [1.82, 2.24) is 0 Å². The van der Waals surface area contributed by atoms with Crippen molar-refractivity contribution in [3.63, 3.8) is 0 Å². The molecule has 0 aliphatic heterocycles. The number of hydrogen-bond donors (Lipinski definition) is 0. The van der Waals surface area contributed by atoms with Gasteiger partial charge in [-0.3, -0.25) is 0 Å². The number of hydrogen-bond acceptors (Lipinski definition) is 4. The zero-order valence-electron chi connectivity index (χ0n) is 34.8. The Labute approximate surface area is 371 Å². The summed E-state index contributed by atoms with van der Waals surface area (Å²) < 4.78 is 12.9. The number of para-hydroxylation sites is 2. The summed E-state index contributed by atoms with van der Waals surface area (Å²) in [5.41, 5.74) is 16.5. The Bertz CT molecular complexity index is 3400. The standard InChI is InChI=1S/C60H40N2O2/c1-3-17-41(18-4-1)43-21-11-25-47(37-43)61(53-31-15-35-57-59(53)51-29-7-9-33-55(51)63-57)49-27-13-23-45(39-49)46-24-14-28-50(40-46)62(48-26-12-22-44(38-48)42-19-5-2-6-20-42)54-32-16-36-58-60(54)52-30-8-10-34-56(52)64-58/h1-40H. The molecule has 0 atom stereocenters. The van der Waals surface area contributed by atoms with Gasteiger partial charge in [-0.25, -0.2) is 0 Å². The lowest BCUT2D eigenvalue weighted by atomic mass is 10.0. The van der Waals surface area contributed by atoms with Gasteiger partial charge in [0.25, 0.3) is 0 Å². The van der Waals surface area contributed by atoms with Crippen molar-refractivity contribution >= 4 is 78.0 Å². The van der Waals surface area contributed by atoms with E-state index in [0.717, 1.165) is 100 Å². The lowest BCUT2D eigenvalue weighted by Crippen LogP contribution is -2.11. The van der Waals surface area contributed by atoms with E-state index in [0.29, 0.717) is 0 Å². The number of furan rings is 2. The molecule has 0 aliphatic rings. The van der Waals surface area contributed by atoms with Gasteiger partial charge in [-0.15, -0.1) is 0 Å². The molecule has 4 nitrogen and oxygen atoms in total. The van der Waals surface area contributed by atoms with Crippen molar-refractivity contribution in [1.29, 1.82) is 0 Å². The third-order valence-electron chi connectivity index (χ3n) is 12.2. The maximum atomic E-state index is 6.45. The van der Waals surface area contributed by atoms with E-state index >= 15 is 0 Å². The number of rotatable bonds is 9. The minimum Gasteiger partial charge on any atom is -0.456 e. The molecule has 12 rings (SSSR count). The molecule has 0 amide bonds. The molecule has 0 bridgehead atoms. The summed E-state index contributed by atoms with van der Waals surface area (Å²) >= 11 is 0. The van der Waals surface area contributed by atoms with Crippen molar-refractivity contribution in [3.05, 3.63) is 243 Å². The normalized spacial score (nSPS) is 11.4. The molecule has 4 heteroatoms. The van der Waals surface area contributed by atoms with Crippen LogP contribution in [0.3, 0.4) is 0 Å². The number of nitrogens with zero attached hydrogens (tertiary/aromatic N) is 2. The van der Waals surface area contributed by atoms with E-state index < -0.39 is 0 Å². The van der Waals surface area contributed by atoms with E-state index in [1.54, 1.807) is 0 Å². The minimum absolute atomic E-state index is 0.851. The Morgan fingerprint density at radius 2 is 0.531 bits per heavy atom. The first-order chi connectivity index (χ1) is 31.7. The van der Waals surface area contributed by atoms with Crippen LogP contribution in [0.1, 0.15) is 0 Å². The predicted octanol–water partition coefficient (Wildman–Crippen LogP) is 17.4. The fraction of sp³-hybridized carbons (Fsp3) is 0. The molecule has 0 fully saturated rings. The molecule has 0 saturated heterocycles. The highest BCUT2D eigenvalue weighted by molar-refractivity contribution is 6.14. The van der Waals surface area contributed by atoms with Gasteiger partial charge in [-0.05, 0) is 118 Å². The summed E-state index contributed by atoms with van der Waals surface area (Å²) in [6, 6.07) is 85.9. The van der Waals surface area contributed by atoms with E-state index in [2.05, 4.69) is 228 Å². The SMILES string of the molecule is c1ccc(-c2cccc(N(c3cccc(-c4cccc(N(c5cccc(-c6ccccc6)c5)c5cccc6oc7ccccc7c56)c4)c3)c3cccc4oc5ccccc5c34)c2)cc1. The number of anilines is 6. The molecule has 2 aromatic heterocycles. The second-order valence-corrected chi connectivity index (χ2v) is 16.1. The fourth-order valence-corrected chi connectivity index (χ4v) is 9.30. The van der Waals surface area contributed by atoms with Gasteiger partial charge >= 0.3 is 0 Å². The zero-order valence-corrected chi connectivity index (χ0v) is 34.8. The maximum Gasteiger partial charge on any atom is 0.137 e. The quantitative estimate of drug-likeness (QED) is 0.145. The molecule has 64 heavy (non-hydrogen) atoms. The topological polar surface area (TPSA) is 32.8 Å². The molecule has 0 spiro atoms. The lowest BCUT2D eigenvalue weighted by molar-refractivity contribution is 0.668.